The summed E-state index contributed by atoms with van der Waals surface area (Å²) in [5.41, 5.74) is 8.56. The molecule has 5 rings (SSSR count). The largest absolute Gasteiger partial charge is 0.384 e. The van der Waals surface area contributed by atoms with Gasteiger partial charge in [0.15, 0.2) is 0 Å². The van der Waals surface area contributed by atoms with Gasteiger partial charge in [-0.1, -0.05) is 0 Å². The Bertz CT molecular complexity index is 928. The first kappa shape index (κ1) is 15.5. The molecule has 2 aliphatic heterocycles. The Hall–Kier alpha value is -1.77. The molecule has 2 aliphatic rings. The second-order valence-corrected chi connectivity index (χ2v) is 8.17. The first-order valence-electron chi connectivity index (χ1n) is 8.23. The third-order valence-electron chi connectivity index (χ3n) is 4.89. The Morgan fingerprint density at radius 3 is 2.72 bits per heavy atom. The van der Waals surface area contributed by atoms with Crippen LogP contribution in [0.1, 0.15) is 12.8 Å². The van der Waals surface area contributed by atoms with Crippen molar-refractivity contribution in [3.63, 3.8) is 0 Å². The van der Waals surface area contributed by atoms with Gasteiger partial charge in [0.05, 0.1) is 40.2 Å². The number of rotatable bonds is 2. The summed E-state index contributed by atoms with van der Waals surface area (Å²) in [5.74, 6) is 1.29. The van der Waals surface area contributed by atoms with E-state index in [-0.39, 0.29) is 0 Å². The highest BCUT2D eigenvalue weighted by Crippen LogP contribution is 2.39. The van der Waals surface area contributed by atoms with Gasteiger partial charge in [0, 0.05) is 17.1 Å². The predicted octanol–water partition coefficient (Wildman–Crippen LogP) is 3.47. The molecular weight excluding hydrogens is 402 g/mol. The van der Waals surface area contributed by atoms with Crippen molar-refractivity contribution in [3.8, 4) is 11.3 Å². The quantitative estimate of drug-likeness (QED) is 0.687. The van der Waals surface area contributed by atoms with Crippen LogP contribution in [-0.2, 0) is 4.74 Å². The molecule has 2 saturated heterocycles. The van der Waals surface area contributed by atoms with E-state index in [9.17, 15) is 0 Å². The Morgan fingerprint density at radius 1 is 1.20 bits per heavy atom. The summed E-state index contributed by atoms with van der Waals surface area (Å²) in [6.45, 7) is 1.50. The summed E-state index contributed by atoms with van der Waals surface area (Å²) in [6.07, 6.45) is 4.05. The Morgan fingerprint density at radius 2 is 2.00 bits per heavy atom. The molecule has 25 heavy (non-hydrogen) atoms. The lowest BCUT2D eigenvalue weighted by Crippen LogP contribution is -2.46. The SMILES string of the molecule is Nc1ccc(-c2nc(N3C4CCC3COC4)nc3c(Br)csc23)cn1. The van der Waals surface area contributed by atoms with Crippen LogP contribution in [0.25, 0.3) is 21.5 Å². The zero-order valence-electron chi connectivity index (χ0n) is 13.4. The minimum atomic E-state index is 0.367. The first-order valence-corrected chi connectivity index (χ1v) is 9.90. The lowest BCUT2D eigenvalue weighted by molar-refractivity contribution is 0.0898. The Labute approximate surface area is 157 Å². The number of ether oxygens (including phenoxy) is 1. The van der Waals surface area contributed by atoms with Gasteiger partial charge in [0.2, 0.25) is 5.95 Å². The lowest BCUT2D eigenvalue weighted by Gasteiger charge is -2.34. The van der Waals surface area contributed by atoms with E-state index in [2.05, 4.69) is 31.2 Å². The van der Waals surface area contributed by atoms with Gasteiger partial charge in [0.1, 0.15) is 11.3 Å². The molecule has 3 aromatic heterocycles. The monoisotopic (exact) mass is 417 g/mol. The summed E-state index contributed by atoms with van der Waals surface area (Å²) < 4.78 is 7.76. The highest BCUT2D eigenvalue weighted by molar-refractivity contribution is 9.10. The van der Waals surface area contributed by atoms with Crippen molar-refractivity contribution in [1.82, 2.24) is 15.0 Å². The topological polar surface area (TPSA) is 77.2 Å². The molecular formula is C17H16BrN5OS. The molecule has 2 N–H and O–H groups in total. The third-order valence-corrected chi connectivity index (χ3v) is 6.77. The maximum absolute atomic E-state index is 5.74. The molecule has 2 unspecified atom stereocenters. The molecule has 0 aliphatic carbocycles. The van der Waals surface area contributed by atoms with Crippen LogP contribution in [0.15, 0.2) is 28.2 Å². The number of nitrogen functional groups attached to an aromatic ring is 1. The Balaban J connectivity index is 1.70. The van der Waals surface area contributed by atoms with Gasteiger partial charge in [0.25, 0.3) is 0 Å². The predicted molar refractivity (Wildman–Crippen MR) is 103 cm³/mol. The molecule has 8 heteroatoms. The van der Waals surface area contributed by atoms with Gasteiger partial charge in [-0.3, -0.25) is 0 Å². The summed E-state index contributed by atoms with van der Waals surface area (Å²) in [6, 6.07) is 4.51. The highest BCUT2D eigenvalue weighted by atomic mass is 79.9. The fourth-order valence-electron chi connectivity index (χ4n) is 3.69. The Kier molecular flexibility index (Phi) is 3.65. The number of aromatic nitrogens is 3. The van der Waals surface area contributed by atoms with E-state index < -0.39 is 0 Å². The van der Waals surface area contributed by atoms with Gasteiger partial charge in [-0.2, -0.15) is 0 Å². The van der Waals surface area contributed by atoms with Crippen LogP contribution >= 0.6 is 27.3 Å². The number of fused-ring (bicyclic) bond motifs is 3. The molecule has 0 aromatic carbocycles. The second-order valence-electron chi connectivity index (χ2n) is 6.44. The van der Waals surface area contributed by atoms with E-state index in [1.54, 1.807) is 17.5 Å². The average Bonchev–Trinajstić information content (AvgIpc) is 3.12. The summed E-state index contributed by atoms with van der Waals surface area (Å²) in [7, 11) is 0. The maximum Gasteiger partial charge on any atom is 0.227 e. The van der Waals surface area contributed by atoms with Crippen LogP contribution in [0.3, 0.4) is 0 Å². The van der Waals surface area contributed by atoms with Crippen molar-refractivity contribution < 1.29 is 4.74 Å². The van der Waals surface area contributed by atoms with Crippen LogP contribution in [-0.4, -0.2) is 40.2 Å². The third kappa shape index (κ3) is 2.51. The number of nitrogens with two attached hydrogens (primary N) is 1. The molecule has 128 valence electrons. The van der Waals surface area contributed by atoms with Crippen LogP contribution in [0.2, 0.25) is 0 Å². The van der Waals surface area contributed by atoms with Crippen LogP contribution in [0, 0.1) is 0 Å². The number of anilines is 2. The van der Waals surface area contributed by atoms with Gasteiger partial charge in [-0.05, 0) is 40.9 Å². The van der Waals surface area contributed by atoms with Crippen molar-refractivity contribution in [2.45, 2.75) is 24.9 Å². The standard InChI is InChI=1S/C17H16BrN5OS/c18-12-8-25-16-14(9-1-4-13(19)20-5-9)21-17(22-15(12)16)23-10-2-3-11(23)7-24-6-10/h1,4-5,8,10-11H,2-3,6-7H2,(H2,19,20). The van der Waals surface area contributed by atoms with Gasteiger partial charge >= 0.3 is 0 Å². The van der Waals surface area contributed by atoms with Crippen molar-refractivity contribution in [1.29, 1.82) is 0 Å². The molecule has 5 heterocycles. The van der Waals surface area contributed by atoms with E-state index in [0.717, 1.165) is 58.0 Å². The first-order chi connectivity index (χ1) is 12.2. The second kappa shape index (κ2) is 5.89. The fourth-order valence-corrected chi connectivity index (χ4v) is 5.26. The van der Waals surface area contributed by atoms with E-state index in [0.29, 0.717) is 17.9 Å². The summed E-state index contributed by atoms with van der Waals surface area (Å²) >= 11 is 5.27. The minimum absolute atomic E-state index is 0.367. The molecule has 3 aromatic rings. The lowest BCUT2D eigenvalue weighted by atomic mass is 10.2. The van der Waals surface area contributed by atoms with Crippen LogP contribution in [0.4, 0.5) is 11.8 Å². The van der Waals surface area contributed by atoms with Gasteiger partial charge < -0.3 is 15.4 Å². The summed E-state index contributed by atoms with van der Waals surface area (Å²) in [5, 5.41) is 2.06. The average molecular weight is 418 g/mol. The molecule has 2 fully saturated rings. The zero-order chi connectivity index (χ0) is 17.0. The molecule has 0 radical (unpaired) electrons. The maximum atomic E-state index is 5.74. The van der Waals surface area contributed by atoms with Crippen molar-refractivity contribution in [2.75, 3.05) is 23.8 Å². The van der Waals surface area contributed by atoms with Gasteiger partial charge in [-0.15, -0.1) is 11.3 Å². The van der Waals surface area contributed by atoms with Crippen LogP contribution < -0.4 is 10.6 Å². The van der Waals surface area contributed by atoms with E-state index >= 15 is 0 Å². The number of morpholine rings is 1. The fraction of sp³-hybridized carbons (Fsp3) is 0.353. The zero-order valence-corrected chi connectivity index (χ0v) is 15.8. The molecule has 2 bridgehead atoms. The van der Waals surface area contributed by atoms with Gasteiger partial charge in [-0.25, -0.2) is 15.0 Å². The number of pyridine rings is 1. The van der Waals surface area contributed by atoms with E-state index in [1.807, 2.05) is 12.1 Å². The molecule has 0 amide bonds. The number of hydrogen-bond donors (Lipinski definition) is 1. The number of nitrogens with zero attached hydrogens (tertiary/aromatic N) is 4. The van der Waals surface area contributed by atoms with Crippen molar-refractivity contribution >= 4 is 49.2 Å². The van der Waals surface area contributed by atoms with Crippen molar-refractivity contribution in [2.24, 2.45) is 0 Å². The molecule has 2 atom stereocenters. The van der Waals surface area contributed by atoms with E-state index in [1.165, 1.54) is 0 Å². The highest BCUT2D eigenvalue weighted by Gasteiger charge is 2.39. The minimum Gasteiger partial charge on any atom is -0.384 e. The number of halogens is 1. The van der Waals surface area contributed by atoms with Crippen molar-refractivity contribution in [3.05, 3.63) is 28.2 Å². The van der Waals surface area contributed by atoms with E-state index in [4.69, 9.17) is 20.4 Å². The normalized spacial score (nSPS) is 22.7. The van der Waals surface area contributed by atoms with Crippen LogP contribution in [0.5, 0.6) is 0 Å². The number of hydrogen-bond acceptors (Lipinski definition) is 7. The smallest absolute Gasteiger partial charge is 0.227 e. The number of thiophene rings is 1. The molecule has 6 nitrogen and oxygen atoms in total. The molecule has 0 saturated carbocycles. The summed E-state index contributed by atoms with van der Waals surface area (Å²) in [4.78, 5) is 16.4. The molecule has 0 spiro atoms.